The van der Waals surface area contributed by atoms with Gasteiger partial charge in [0, 0.05) is 31.2 Å². The molecule has 0 aliphatic heterocycles. The summed E-state index contributed by atoms with van der Waals surface area (Å²) in [6.45, 7) is 2.58. The summed E-state index contributed by atoms with van der Waals surface area (Å²) in [4.78, 5) is 6.81. The lowest BCUT2D eigenvalue weighted by Gasteiger charge is -2.22. The fourth-order valence-corrected chi connectivity index (χ4v) is 2.88. The van der Waals surface area contributed by atoms with E-state index in [9.17, 15) is 5.11 Å². The van der Waals surface area contributed by atoms with Crippen LogP contribution in [-0.4, -0.2) is 34.7 Å². The monoisotopic (exact) mass is 306 g/mol. The number of aliphatic hydroxyl groups is 1. The Morgan fingerprint density at radius 3 is 2.52 bits per heavy atom. The van der Waals surface area contributed by atoms with E-state index in [1.165, 1.54) is 11.1 Å². The highest BCUT2D eigenvalue weighted by Crippen LogP contribution is 2.17. The zero-order valence-corrected chi connectivity index (χ0v) is 13.2. The van der Waals surface area contributed by atoms with Crippen LogP contribution in [0.15, 0.2) is 66.9 Å². The maximum atomic E-state index is 9.37. The summed E-state index contributed by atoms with van der Waals surface area (Å²) in [5.74, 6) is 0. The summed E-state index contributed by atoms with van der Waals surface area (Å²) < 4.78 is 0. The van der Waals surface area contributed by atoms with Crippen molar-refractivity contribution < 1.29 is 5.11 Å². The largest absolute Gasteiger partial charge is 0.395 e. The summed E-state index contributed by atoms with van der Waals surface area (Å²) in [5, 5.41) is 10.5. The van der Waals surface area contributed by atoms with Gasteiger partial charge in [-0.3, -0.25) is 9.88 Å². The van der Waals surface area contributed by atoms with Crippen LogP contribution in [0.1, 0.15) is 11.1 Å². The Labute approximate surface area is 137 Å². The summed E-state index contributed by atoms with van der Waals surface area (Å²) in [6.07, 6.45) is 2.82. The van der Waals surface area contributed by atoms with Gasteiger partial charge < -0.3 is 5.11 Å². The first-order valence-corrected chi connectivity index (χ1v) is 8.06. The third kappa shape index (κ3) is 4.15. The van der Waals surface area contributed by atoms with Crippen molar-refractivity contribution in [3.8, 4) is 0 Å². The van der Waals surface area contributed by atoms with Crippen molar-refractivity contribution in [2.45, 2.75) is 13.0 Å². The first kappa shape index (κ1) is 15.7. The highest BCUT2D eigenvalue weighted by molar-refractivity contribution is 5.81. The second kappa shape index (κ2) is 7.86. The third-order valence-corrected chi connectivity index (χ3v) is 4.09. The number of nitrogens with zero attached hydrogens (tertiary/aromatic N) is 2. The molecule has 1 aromatic heterocycles. The minimum Gasteiger partial charge on any atom is -0.395 e. The Morgan fingerprint density at radius 2 is 1.70 bits per heavy atom. The van der Waals surface area contributed by atoms with Crippen molar-refractivity contribution >= 4 is 10.9 Å². The van der Waals surface area contributed by atoms with Gasteiger partial charge in [-0.2, -0.15) is 0 Å². The molecule has 3 aromatic rings. The summed E-state index contributed by atoms with van der Waals surface area (Å²) in [5.41, 5.74) is 3.59. The Hall–Kier alpha value is -2.23. The number of aliphatic hydroxyl groups excluding tert-OH is 1. The molecule has 3 rings (SSSR count). The molecule has 0 bridgehead atoms. The Balaban J connectivity index is 1.73. The predicted molar refractivity (Wildman–Crippen MR) is 94.3 cm³/mol. The van der Waals surface area contributed by atoms with Gasteiger partial charge >= 0.3 is 0 Å². The van der Waals surface area contributed by atoms with E-state index in [-0.39, 0.29) is 6.61 Å². The van der Waals surface area contributed by atoms with E-state index in [1.54, 1.807) is 0 Å². The SMILES string of the molecule is OCCN(CCc1ccccc1)Cc1cccc2cccnc12. The molecule has 0 atom stereocenters. The van der Waals surface area contributed by atoms with Crippen molar-refractivity contribution in [3.05, 3.63) is 78.0 Å². The molecule has 0 saturated carbocycles. The maximum Gasteiger partial charge on any atom is 0.0746 e. The fourth-order valence-electron chi connectivity index (χ4n) is 2.88. The number of pyridine rings is 1. The Kier molecular flexibility index (Phi) is 5.35. The lowest BCUT2D eigenvalue weighted by Crippen LogP contribution is -2.28. The molecule has 2 aromatic carbocycles. The summed E-state index contributed by atoms with van der Waals surface area (Å²) in [7, 11) is 0. The molecule has 0 spiro atoms. The number of hydrogen-bond donors (Lipinski definition) is 1. The minimum absolute atomic E-state index is 0.174. The molecule has 1 N–H and O–H groups in total. The van der Waals surface area contributed by atoms with Crippen molar-refractivity contribution in [2.24, 2.45) is 0 Å². The molecule has 118 valence electrons. The van der Waals surface area contributed by atoms with Crippen LogP contribution in [0.4, 0.5) is 0 Å². The molecule has 0 aliphatic rings. The predicted octanol–water partition coefficient (Wildman–Crippen LogP) is 3.27. The smallest absolute Gasteiger partial charge is 0.0746 e. The van der Waals surface area contributed by atoms with Gasteiger partial charge in [0.25, 0.3) is 0 Å². The van der Waals surface area contributed by atoms with Crippen LogP contribution in [0.3, 0.4) is 0 Å². The fraction of sp³-hybridized carbons (Fsp3) is 0.250. The van der Waals surface area contributed by atoms with E-state index >= 15 is 0 Å². The van der Waals surface area contributed by atoms with E-state index < -0.39 is 0 Å². The molecule has 1 heterocycles. The van der Waals surface area contributed by atoms with Gasteiger partial charge in [-0.1, -0.05) is 54.6 Å². The average molecular weight is 306 g/mol. The molecule has 0 radical (unpaired) electrons. The quantitative estimate of drug-likeness (QED) is 0.728. The standard InChI is InChI=1S/C20H22N2O/c23-15-14-22(13-11-17-6-2-1-3-7-17)16-19-9-4-8-18-10-5-12-21-20(18)19/h1-10,12,23H,11,13-16H2. The summed E-state index contributed by atoms with van der Waals surface area (Å²) in [6, 6.07) is 20.8. The molecule has 0 fully saturated rings. The molecule has 3 nitrogen and oxygen atoms in total. The van der Waals surface area contributed by atoms with Crippen molar-refractivity contribution in [1.29, 1.82) is 0 Å². The average Bonchev–Trinajstić information content (AvgIpc) is 2.61. The van der Waals surface area contributed by atoms with Crippen LogP contribution >= 0.6 is 0 Å². The molecular weight excluding hydrogens is 284 g/mol. The second-order valence-electron chi connectivity index (χ2n) is 5.73. The Bertz CT molecular complexity index is 737. The zero-order valence-electron chi connectivity index (χ0n) is 13.2. The van der Waals surface area contributed by atoms with Crippen molar-refractivity contribution in [1.82, 2.24) is 9.88 Å². The highest BCUT2D eigenvalue weighted by Gasteiger charge is 2.09. The molecule has 0 saturated heterocycles. The number of rotatable bonds is 7. The molecule has 0 amide bonds. The number of hydrogen-bond acceptors (Lipinski definition) is 3. The van der Waals surface area contributed by atoms with E-state index in [0.717, 1.165) is 30.4 Å². The minimum atomic E-state index is 0.174. The molecule has 3 heteroatoms. The van der Waals surface area contributed by atoms with Crippen LogP contribution in [0.5, 0.6) is 0 Å². The normalized spacial score (nSPS) is 11.2. The number of fused-ring (bicyclic) bond motifs is 1. The zero-order chi connectivity index (χ0) is 15.9. The van der Waals surface area contributed by atoms with Gasteiger partial charge in [0.05, 0.1) is 12.1 Å². The molecule has 23 heavy (non-hydrogen) atoms. The van der Waals surface area contributed by atoms with Crippen LogP contribution in [-0.2, 0) is 13.0 Å². The van der Waals surface area contributed by atoms with Crippen molar-refractivity contribution in [3.63, 3.8) is 0 Å². The van der Waals surface area contributed by atoms with E-state index in [4.69, 9.17) is 0 Å². The second-order valence-corrected chi connectivity index (χ2v) is 5.73. The van der Waals surface area contributed by atoms with E-state index in [2.05, 4.69) is 58.4 Å². The lowest BCUT2D eigenvalue weighted by atomic mass is 10.1. The van der Waals surface area contributed by atoms with Gasteiger partial charge in [0.15, 0.2) is 0 Å². The molecule has 0 unspecified atom stereocenters. The number of para-hydroxylation sites is 1. The van der Waals surface area contributed by atoms with Gasteiger partial charge in [0.2, 0.25) is 0 Å². The topological polar surface area (TPSA) is 36.4 Å². The summed E-state index contributed by atoms with van der Waals surface area (Å²) >= 11 is 0. The van der Waals surface area contributed by atoms with Gasteiger partial charge in [-0.05, 0) is 23.6 Å². The van der Waals surface area contributed by atoms with Gasteiger partial charge in [-0.25, -0.2) is 0 Å². The molecular formula is C20H22N2O. The number of aromatic nitrogens is 1. The van der Waals surface area contributed by atoms with E-state index in [0.29, 0.717) is 6.54 Å². The molecule has 0 aliphatic carbocycles. The first-order valence-electron chi connectivity index (χ1n) is 8.06. The van der Waals surface area contributed by atoms with Gasteiger partial charge in [0.1, 0.15) is 0 Å². The maximum absolute atomic E-state index is 9.37. The first-order chi connectivity index (χ1) is 11.4. The van der Waals surface area contributed by atoms with Crippen LogP contribution in [0, 0.1) is 0 Å². The van der Waals surface area contributed by atoms with E-state index in [1.807, 2.05) is 18.3 Å². The van der Waals surface area contributed by atoms with Crippen LogP contribution in [0.25, 0.3) is 10.9 Å². The third-order valence-electron chi connectivity index (χ3n) is 4.09. The van der Waals surface area contributed by atoms with Crippen LogP contribution < -0.4 is 0 Å². The van der Waals surface area contributed by atoms with Crippen molar-refractivity contribution in [2.75, 3.05) is 19.7 Å². The van der Waals surface area contributed by atoms with Crippen LogP contribution in [0.2, 0.25) is 0 Å². The Morgan fingerprint density at radius 1 is 0.870 bits per heavy atom. The van der Waals surface area contributed by atoms with Gasteiger partial charge in [-0.15, -0.1) is 0 Å². The number of benzene rings is 2. The highest BCUT2D eigenvalue weighted by atomic mass is 16.3. The lowest BCUT2D eigenvalue weighted by molar-refractivity contribution is 0.192.